The van der Waals surface area contributed by atoms with Crippen LogP contribution in [0, 0.1) is 20.8 Å². The molecule has 26 heavy (non-hydrogen) atoms. The van der Waals surface area contributed by atoms with E-state index in [0.29, 0.717) is 4.90 Å². The zero-order valence-corrected chi connectivity index (χ0v) is 16.7. The predicted octanol–water partition coefficient (Wildman–Crippen LogP) is 2.19. The highest BCUT2D eigenvalue weighted by Gasteiger charge is 2.48. The van der Waals surface area contributed by atoms with Gasteiger partial charge in [0.05, 0.1) is 42.7 Å². The number of sulfonamides is 1. The number of likely N-dealkylation sites (tertiary alicyclic amines) is 1. The van der Waals surface area contributed by atoms with E-state index >= 15 is 0 Å². The maximum atomic E-state index is 13.6. The Morgan fingerprint density at radius 1 is 1.04 bits per heavy atom. The van der Waals surface area contributed by atoms with E-state index in [0.717, 1.165) is 36.3 Å². The number of likely N-dealkylation sites (N-methyl/N-ethyl adjacent to an activating group) is 1. The zero-order valence-electron chi connectivity index (χ0n) is 15.9. The zero-order chi connectivity index (χ0) is 18.6. The molecule has 1 N–H and O–H groups in total. The molecule has 4 nitrogen and oxygen atoms in total. The Morgan fingerprint density at radius 3 is 2.54 bits per heavy atom. The molecule has 2 aliphatic heterocycles. The van der Waals surface area contributed by atoms with Crippen molar-refractivity contribution < 1.29 is 13.3 Å². The predicted molar refractivity (Wildman–Crippen MR) is 105 cm³/mol. The van der Waals surface area contributed by atoms with Crippen LogP contribution < -0.4 is 9.21 Å². The first-order valence-corrected chi connectivity index (χ1v) is 10.8. The second-order valence-electron chi connectivity index (χ2n) is 7.98. The normalized spacial score (nSPS) is 25.1. The molecule has 5 heteroatoms. The number of piperidine rings is 1. The topological polar surface area (TPSA) is 41.8 Å². The Morgan fingerprint density at radius 2 is 1.81 bits per heavy atom. The molecular weight excluding hydrogens is 344 g/mol. The minimum absolute atomic E-state index is 0.0297. The summed E-state index contributed by atoms with van der Waals surface area (Å²) < 4.78 is 28.9. The second kappa shape index (κ2) is 6.10. The third-order valence-corrected chi connectivity index (χ3v) is 7.89. The molecule has 0 saturated carbocycles. The number of nitrogens with one attached hydrogen (secondary N) is 1. The summed E-state index contributed by atoms with van der Waals surface area (Å²) in [4.78, 5) is 1.88. The number of aryl methyl sites for hydroxylation is 3. The molecule has 0 radical (unpaired) electrons. The maximum absolute atomic E-state index is 13.6. The summed E-state index contributed by atoms with van der Waals surface area (Å²) >= 11 is 0. The van der Waals surface area contributed by atoms with Gasteiger partial charge >= 0.3 is 0 Å². The van der Waals surface area contributed by atoms with Crippen LogP contribution in [0.1, 0.15) is 34.6 Å². The lowest BCUT2D eigenvalue weighted by atomic mass is 9.89. The smallest absolute Gasteiger partial charge is 0.264 e. The van der Waals surface area contributed by atoms with Gasteiger partial charge in [0.2, 0.25) is 0 Å². The largest absolute Gasteiger partial charge is 0.337 e. The minimum Gasteiger partial charge on any atom is -0.337 e. The van der Waals surface area contributed by atoms with Gasteiger partial charge in [0.1, 0.15) is 0 Å². The average molecular weight is 372 g/mol. The van der Waals surface area contributed by atoms with Gasteiger partial charge in [-0.25, -0.2) is 8.42 Å². The van der Waals surface area contributed by atoms with E-state index in [2.05, 4.69) is 20.0 Å². The number of quaternary nitrogens is 1. The summed E-state index contributed by atoms with van der Waals surface area (Å²) in [6.07, 6.45) is 0.897. The van der Waals surface area contributed by atoms with Crippen LogP contribution in [0.4, 0.5) is 5.69 Å². The quantitative estimate of drug-likeness (QED) is 0.879. The molecule has 0 bridgehead atoms. The molecular formula is C21H27N2O2S+. The molecule has 1 saturated heterocycles. The van der Waals surface area contributed by atoms with Crippen molar-refractivity contribution in [3.63, 3.8) is 0 Å². The lowest BCUT2D eigenvalue weighted by Gasteiger charge is -2.34. The number of fused-ring (bicyclic) bond motifs is 3. The van der Waals surface area contributed by atoms with Gasteiger partial charge in [0.15, 0.2) is 0 Å². The minimum atomic E-state index is -3.57. The van der Waals surface area contributed by atoms with E-state index < -0.39 is 10.0 Å². The molecule has 2 heterocycles. The highest BCUT2D eigenvalue weighted by molar-refractivity contribution is 7.92. The molecule has 0 spiro atoms. The third-order valence-electron chi connectivity index (χ3n) is 6.06. The molecule has 1 fully saturated rings. The van der Waals surface area contributed by atoms with E-state index in [1.165, 1.54) is 16.0 Å². The SMILES string of the molecule is Cc1ccc2c(c1)[C@@H]1C[NH+](C)CC[C@H]1N2S(=O)(=O)c1ccc(C)c(C)c1. The molecule has 3 atom stereocenters. The van der Waals surface area contributed by atoms with E-state index in [4.69, 9.17) is 0 Å². The van der Waals surface area contributed by atoms with Gasteiger partial charge in [-0.05, 0) is 55.7 Å². The summed E-state index contributed by atoms with van der Waals surface area (Å²) in [6, 6.07) is 11.7. The van der Waals surface area contributed by atoms with Gasteiger partial charge in [-0.3, -0.25) is 4.31 Å². The van der Waals surface area contributed by atoms with Crippen molar-refractivity contribution in [2.45, 2.75) is 44.0 Å². The van der Waals surface area contributed by atoms with Gasteiger partial charge in [-0.1, -0.05) is 23.8 Å². The first-order valence-electron chi connectivity index (χ1n) is 9.32. The maximum Gasteiger partial charge on any atom is 0.264 e. The van der Waals surface area contributed by atoms with Gasteiger partial charge in [-0.2, -0.15) is 0 Å². The molecule has 4 rings (SSSR count). The highest BCUT2D eigenvalue weighted by Crippen LogP contribution is 2.45. The first-order chi connectivity index (χ1) is 12.3. The van der Waals surface area contributed by atoms with Crippen molar-refractivity contribution >= 4 is 15.7 Å². The van der Waals surface area contributed by atoms with Crippen LogP contribution in [-0.2, 0) is 10.0 Å². The van der Waals surface area contributed by atoms with Crippen LogP contribution in [-0.4, -0.2) is 34.6 Å². The molecule has 0 amide bonds. The lowest BCUT2D eigenvalue weighted by molar-refractivity contribution is -0.886. The van der Waals surface area contributed by atoms with Crippen LogP contribution in [0.3, 0.4) is 0 Å². The fraction of sp³-hybridized carbons (Fsp3) is 0.429. The second-order valence-corrected chi connectivity index (χ2v) is 9.80. The summed E-state index contributed by atoms with van der Waals surface area (Å²) in [7, 11) is -1.37. The lowest BCUT2D eigenvalue weighted by Crippen LogP contribution is -3.11. The number of benzene rings is 2. The van der Waals surface area contributed by atoms with Crippen molar-refractivity contribution in [1.29, 1.82) is 0 Å². The number of hydrogen-bond donors (Lipinski definition) is 1. The van der Waals surface area contributed by atoms with Crippen LogP contribution in [0.25, 0.3) is 0 Å². The fourth-order valence-electron chi connectivity index (χ4n) is 4.45. The average Bonchev–Trinajstić information content (AvgIpc) is 2.91. The van der Waals surface area contributed by atoms with E-state index in [-0.39, 0.29) is 12.0 Å². The Bertz CT molecular complexity index is 968. The van der Waals surface area contributed by atoms with Gasteiger partial charge in [-0.15, -0.1) is 0 Å². The van der Waals surface area contributed by atoms with Gasteiger partial charge in [0.25, 0.3) is 10.0 Å². The first kappa shape index (κ1) is 17.6. The molecule has 1 unspecified atom stereocenters. The number of anilines is 1. The Balaban J connectivity index is 1.86. The third kappa shape index (κ3) is 2.65. The van der Waals surface area contributed by atoms with Crippen molar-refractivity contribution in [2.24, 2.45) is 0 Å². The summed E-state index contributed by atoms with van der Waals surface area (Å²) in [5, 5.41) is 0. The number of nitrogens with zero attached hydrogens (tertiary/aromatic N) is 1. The van der Waals surface area contributed by atoms with Crippen LogP contribution in [0.2, 0.25) is 0 Å². The molecule has 2 aliphatic rings. The summed E-state index contributed by atoms with van der Waals surface area (Å²) in [6.45, 7) is 8.05. The van der Waals surface area contributed by atoms with Crippen molar-refractivity contribution in [3.8, 4) is 0 Å². The molecule has 0 aliphatic carbocycles. The standard InChI is InChI=1S/C21H26N2O2S/c1-14-5-8-20-18(11-14)19-13-22(4)10-9-21(19)23(20)26(24,25)17-7-6-15(2)16(3)12-17/h5-8,11-12,19,21H,9-10,13H2,1-4H3/p+1/t19-,21+/m0/s1. The molecule has 2 aromatic rings. The van der Waals surface area contributed by atoms with Crippen LogP contribution >= 0.6 is 0 Å². The van der Waals surface area contributed by atoms with Gasteiger partial charge in [0, 0.05) is 6.42 Å². The monoisotopic (exact) mass is 371 g/mol. The molecule has 2 aromatic carbocycles. The van der Waals surface area contributed by atoms with E-state index in [9.17, 15) is 8.42 Å². The highest BCUT2D eigenvalue weighted by atomic mass is 32.2. The molecule has 138 valence electrons. The Labute approximate surface area is 156 Å². The Kier molecular flexibility index (Phi) is 4.12. The molecule has 0 aromatic heterocycles. The van der Waals surface area contributed by atoms with E-state index in [1.807, 2.05) is 38.1 Å². The number of hydrogen-bond acceptors (Lipinski definition) is 2. The summed E-state index contributed by atoms with van der Waals surface area (Å²) in [5.41, 5.74) is 5.39. The Hall–Kier alpha value is -1.85. The van der Waals surface area contributed by atoms with Crippen molar-refractivity contribution in [1.82, 2.24) is 0 Å². The van der Waals surface area contributed by atoms with Gasteiger partial charge < -0.3 is 4.90 Å². The van der Waals surface area contributed by atoms with Crippen molar-refractivity contribution in [3.05, 3.63) is 58.7 Å². The van der Waals surface area contributed by atoms with Crippen LogP contribution in [0.5, 0.6) is 0 Å². The fourth-order valence-corrected chi connectivity index (χ4v) is 6.28. The van der Waals surface area contributed by atoms with E-state index in [1.54, 1.807) is 10.4 Å². The summed E-state index contributed by atoms with van der Waals surface area (Å²) in [5.74, 6) is 0.278. The van der Waals surface area contributed by atoms with Crippen LogP contribution in [0.15, 0.2) is 41.3 Å². The number of rotatable bonds is 2. The van der Waals surface area contributed by atoms with Crippen molar-refractivity contribution in [2.75, 3.05) is 24.4 Å².